The van der Waals surface area contributed by atoms with Crippen LogP contribution in [0, 0.1) is 5.92 Å². The van der Waals surface area contributed by atoms with Gasteiger partial charge < -0.3 is 9.64 Å². The van der Waals surface area contributed by atoms with Crippen LogP contribution in [0.3, 0.4) is 0 Å². The molecule has 0 radical (unpaired) electrons. The molecule has 1 N–H and O–H groups in total. The molecule has 1 unspecified atom stereocenters. The summed E-state index contributed by atoms with van der Waals surface area (Å²) in [6.45, 7) is 1.64. The SMILES string of the molecule is COc1ccccc1CC1CCCN(C(=O)c2n[nH]c3c2CCC3)C1. The van der Waals surface area contributed by atoms with Crippen molar-refractivity contribution in [3.63, 3.8) is 0 Å². The van der Waals surface area contributed by atoms with E-state index in [1.807, 2.05) is 17.0 Å². The second-order valence-electron chi connectivity index (χ2n) is 7.16. The number of aromatic amines is 1. The van der Waals surface area contributed by atoms with Crippen molar-refractivity contribution in [1.82, 2.24) is 15.1 Å². The Hall–Kier alpha value is -2.30. The van der Waals surface area contributed by atoms with Crippen LogP contribution in [0.15, 0.2) is 24.3 Å². The Morgan fingerprint density at radius 3 is 3.08 bits per heavy atom. The van der Waals surface area contributed by atoms with Crippen molar-refractivity contribution in [1.29, 1.82) is 0 Å². The van der Waals surface area contributed by atoms with E-state index in [2.05, 4.69) is 22.3 Å². The smallest absolute Gasteiger partial charge is 0.274 e. The summed E-state index contributed by atoms with van der Waals surface area (Å²) in [5.41, 5.74) is 4.19. The van der Waals surface area contributed by atoms with Crippen molar-refractivity contribution >= 4 is 5.91 Å². The molecular formula is C20H25N3O2. The molecule has 1 amide bonds. The Morgan fingerprint density at radius 1 is 1.32 bits per heavy atom. The number of benzene rings is 1. The van der Waals surface area contributed by atoms with Crippen molar-refractivity contribution in [2.45, 2.75) is 38.5 Å². The fourth-order valence-electron chi connectivity index (χ4n) is 4.24. The Morgan fingerprint density at radius 2 is 2.20 bits per heavy atom. The number of para-hydroxylation sites is 1. The van der Waals surface area contributed by atoms with Crippen LogP contribution < -0.4 is 4.74 Å². The highest BCUT2D eigenvalue weighted by molar-refractivity contribution is 5.94. The second kappa shape index (κ2) is 6.90. The van der Waals surface area contributed by atoms with Gasteiger partial charge >= 0.3 is 0 Å². The average Bonchev–Trinajstić information content (AvgIpc) is 3.25. The Balaban J connectivity index is 1.46. The van der Waals surface area contributed by atoms with Crippen LogP contribution in [0.25, 0.3) is 0 Å². The van der Waals surface area contributed by atoms with E-state index in [-0.39, 0.29) is 5.91 Å². The number of carbonyl (C=O) groups excluding carboxylic acids is 1. The first-order chi connectivity index (χ1) is 12.3. The van der Waals surface area contributed by atoms with Crippen LogP contribution in [0.4, 0.5) is 0 Å². The molecule has 0 bridgehead atoms. The van der Waals surface area contributed by atoms with Gasteiger partial charge in [0.25, 0.3) is 5.91 Å². The number of likely N-dealkylation sites (tertiary alicyclic amines) is 1. The minimum atomic E-state index is 0.101. The number of H-pyrrole nitrogens is 1. The van der Waals surface area contributed by atoms with Gasteiger partial charge in [-0.05, 0) is 56.1 Å². The maximum Gasteiger partial charge on any atom is 0.274 e. The number of aryl methyl sites for hydroxylation is 1. The largest absolute Gasteiger partial charge is 0.496 e. The monoisotopic (exact) mass is 339 g/mol. The lowest BCUT2D eigenvalue weighted by Crippen LogP contribution is -2.41. The fraction of sp³-hybridized carbons (Fsp3) is 0.500. The molecular weight excluding hydrogens is 314 g/mol. The zero-order chi connectivity index (χ0) is 17.2. The minimum Gasteiger partial charge on any atom is -0.496 e. The molecule has 5 heteroatoms. The van der Waals surface area contributed by atoms with Crippen LogP contribution in [-0.4, -0.2) is 41.2 Å². The molecule has 2 heterocycles. The van der Waals surface area contributed by atoms with E-state index in [4.69, 9.17) is 4.74 Å². The Bertz CT molecular complexity index is 768. The van der Waals surface area contributed by atoms with Gasteiger partial charge in [-0.15, -0.1) is 0 Å². The first kappa shape index (κ1) is 16.2. The summed E-state index contributed by atoms with van der Waals surface area (Å²) >= 11 is 0. The topological polar surface area (TPSA) is 58.2 Å². The molecule has 2 aliphatic rings. The molecule has 1 atom stereocenters. The quantitative estimate of drug-likeness (QED) is 0.931. The summed E-state index contributed by atoms with van der Waals surface area (Å²) in [6.07, 6.45) is 6.28. The summed E-state index contributed by atoms with van der Waals surface area (Å²) in [6, 6.07) is 8.18. The Labute approximate surface area is 148 Å². The van der Waals surface area contributed by atoms with Crippen molar-refractivity contribution in [3.8, 4) is 5.75 Å². The fourth-order valence-corrected chi connectivity index (χ4v) is 4.24. The van der Waals surface area contributed by atoms with Crippen LogP contribution in [0.1, 0.15) is 46.6 Å². The van der Waals surface area contributed by atoms with Gasteiger partial charge in [0.05, 0.1) is 7.11 Å². The van der Waals surface area contributed by atoms with Gasteiger partial charge in [0.1, 0.15) is 5.75 Å². The maximum atomic E-state index is 13.0. The second-order valence-corrected chi connectivity index (χ2v) is 7.16. The van der Waals surface area contributed by atoms with Crippen LogP contribution in [0.2, 0.25) is 0 Å². The molecule has 1 aromatic carbocycles. The van der Waals surface area contributed by atoms with E-state index >= 15 is 0 Å². The first-order valence-corrected chi connectivity index (χ1v) is 9.23. The molecule has 1 aliphatic carbocycles. The summed E-state index contributed by atoms with van der Waals surface area (Å²) in [4.78, 5) is 15.0. The van der Waals surface area contributed by atoms with E-state index in [0.717, 1.165) is 68.6 Å². The molecule has 1 fully saturated rings. The summed E-state index contributed by atoms with van der Waals surface area (Å²) in [5, 5.41) is 7.37. The van der Waals surface area contributed by atoms with Gasteiger partial charge in [-0.1, -0.05) is 18.2 Å². The number of nitrogens with zero attached hydrogens (tertiary/aromatic N) is 2. The first-order valence-electron chi connectivity index (χ1n) is 9.23. The zero-order valence-corrected chi connectivity index (χ0v) is 14.8. The molecule has 1 saturated heterocycles. The third-order valence-corrected chi connectivity index (χ3v) is 5.52. The van der Waals surface area contributed by atoms with Gasteiger partial charge in [-0.25, -0.2) is 0 Å². The third-order valence-electron chi connectivity index (χ3n) is 5.52. The predicted molar refractivity (Wildman–Crippen MR) is 95.9 cm³/mol. The van der Waals surface area contributed by atoms with Crippen LogP contribution >= 0.6 is 0 Å². The van der Waals surface area contributed by atoms with Gasteiger partial charge in [-0.3, -0.25) is 9.89 Å². The molecule has 1 aliphatic heterocycles. The number of carbonyl (C=O) groups is 1. The number of hydrogen-bond donors (Lipinski definition) is 1. The predicted octanol–water partition coefficient (Wildman–Crippen LogP) is 3.00. The summed E-state index contributed by atoms with van der Waals surface area (Å²) < 4.78 is 5.48. The lowest BCUT2D eigenvalue weighted by atomic mass is 9.90. The number of ether oxygens (including phenoxy) is 1. The van der Waals surface area contributed by atoms with E-state index in [0.29, 0.717) is 11.6 Å². The number of nitrogens with one attached hydrogen (secondary N) is 1. The average molecular weight is 339 g/mol. The van der Waals surface area contributed by atoms with Crippen LogP contribution in [0.5, 0.6) is 5.75 Å². The number of piperidine rings is 1. The Kier molecular flexibility index (Phi) is 4.47. The molecule has 132 valence electrons. The molecule has 4 rings (SSSR count). The maximum absolute atomic E-state index is 13.0. The normalized spacial score (nSPS) is 19.7. The highest BCUT2D eigenvalue weighted by Crippen LogP contribution is 2.28. The number of fused-ring (bicyclic) bond motifs is 1. The molecule has 0 spiro atoms. The molecule has 0 saturated carbocycles. The number of rotatable bonds is 4. The van der Waals surface area contributed by atoms with E-state index in [9.17, 15) is 4.79 Å². The van der Waals surface area contributed by atoms with Crippen molar-refractivity contribution in [2.24, 2.45) is 5.92 Å². The third kappa shape index (κ3) is 3.15. The van der Waals surface area contributed by atoms with Crippen LogP contribution in [-0.2, 0) is 19.3 Å². The van der Waals surface area contributed by atoms with Gasteiger partial charge in [0, 0.05) is 24.3 Å². The van der Waals surface area contributed by atoms with E-state index in [1.165, 1.54) is 5.56 Å². The van der Waals surface area contributed by atoms with Gasteiger partial charge in [0.15, 0.2) is 5.69 Å². The summed E-state index contributed by atoms with van der Waals surface area (Å²) in [7, 11) is 1.72. The molecule has 5 nitrogen and oxygen atoms in total. The van der Waals surface area contributed by atoms with Gasteiger partial charge in [0.2, 0.25) is 0 Å². The highest BCUT2D eigenvalue weighted by atomic mass is 16.5. The number of aromatic nitrogens is 2. The van der Waals surface area contributed by atoms with Gasteiger partial charge in [-0.2, -0.15) is 5.10 Å². The minimum absolute atomic E-state index is 0.101. The lowest BCUT2D eigenvalue weighted by Gasteiger charge is -2.32. The summed E-state index contributed by atoms with van der Waals surface area (Å²) in [5.74, 6) is 1.51. The molecule has 1 aromatic heterocycles. The number of methoxy groups -OCH3 is 1. The number of hydrogen-bond acceptors (Lipinski definition) is 3. The number of amides is 1. The standard InChI is InChI=1S/C20H25N3O2/c1-25-18-10-3-2-7-15(18)12-14-6-5-11-23(13-14)20(24)19-16-8-4-9-17(16)21-22-19/h2-3,7,10,14H,4-6,8-9,11-13H2,1H3,(H,21,22). The highest BCUT2D eigenvalue weighted by Gasteiger charge is 2.30. The van der Waals surface area contributed by atoms with E-state index in [1.54, 1.807) is 7.11 Å². The molecule has 25 heavy (non-hydrogen) atoms. The van der Waals surface area contributed by atoms with E-state index < -0.39 is 0 Å². The van der Waals surface area contributed by atoms with Crippen molar-refractivity contribution in [3.05, 3.63) is 46.8 Å². The zero-order valence-electron chi connectivity index (χ0n) is 14.8. The lowest BCUT2D eigenvalue weighted by molar-refractivity contribution is 0.0666. The molecule has 2 aromatic rings. The van der Waals surface area contributed by atoms with Crippen molar-refractivity contribution < 1.29 is 9.53 Å². The van der Waals surface area contributed by atoms with Crippen molar-refractivity contribution in [2.75, 3.05) is 20.2 Å².